The maximum absolute atomic E-state index is 5.50. The van der Waals surface area contributed by atoms with Crippen molar-refractivity contribution in [2.75, 3.05) is 0 Å². The molecule has 0 bridgehead atoms. The first-order valence-electron chi connectivity index (χ1n) is 4.01. The smallest absolute Gasteiger partial charge is 0.0529 e. The minimum absolute atomic E-state index is 0.132. The summed E-state index contributed by atoms with van der Waals surface area (Å²) in [6.07, 6.45) is 2.83. The summed E-state index contributed by atoms with van der Waals surface area (Å²) in [6, 6.07) is 0. The highest BCUT2D eigenvalue weighted by Gasteiger charge is 2.16. The summed E-state index contributed by atoms with van der Waals surface area (Å²) in [4.78, 5) is 0. The second-order valence-corrected chi connectivity index (χ2v) is 4.08. The average Bonchev–Trinajstić information content (AvgIpc) is 1.53. The highest BCUT2D eigenvalue weighted by molar-refractivity contribution is 5.02. The summed E-state index contributed by atoms with van der Waals surface area (Å²) in [5.74, 6) is 0. The molecule has 0 saturated heterocycles. The van der Waals surface area contributed by atoms with E-state index in [-0.39, 0.29) is 11.6 Å². The Morgan fingerprint density at radius 2 is 1.82 bits per heavy atom. The largest absolute Gasteiger partial charge is 0.316 e. The summed E-state index contributed by atoms with van der Waals surface area (Å²) < 4.78 is 0. The van der Waals surface area contributed by atoms with Gasteiger partial charge >= 0.3 is 0 Å². The topological polar surface area (TPSA) is 52.0 Å². The van der Waals surface area contributed by atoms with Crippen molar-refractivity contribution in [1.82, 2.24) is 0 Å². The van der Waals surface area contributed by atoms with Gasteiger partial charge in [0.25, 0.3) is 0 Å². The summed E-state index contributed by atoms with van der Waals surface area (Å²) >= 11 is 0. The van der Waals surface area contributed by atoms with Crippen LogP contribution < -0.4 is 11.5 Å². The van der Waals surface area contributed by atoms with Crippen LogP contribution in [0.1, 0.15) is 34.1 Å². The minimum Gasteiger partial charge on any atom is -0.316 e. The predicted octanol–water partition coefficient (Wildman–Crippen LogP) is 1.61. The molecule has 0 aliphatic rings. The lowest BCUT2D eigenvalue weighted by atomic mass is 9.86. The predicted molar refractivity (Wildman–Crippen MR) is 50.0 cm³/mol. The van der Waals surface area contributed by atoms with Gasteiger partial charge in [0, 0.05) is 0 Å². The molecule has 0 rings (SSSR count). The van der Waals surface area contributed by atoms with Crippen LogP contribution in [-0.2, 0) is 0 Å². The van der Waals surface area contributed by atoms with Crippen LogP contribution in [0.3, 0.4) is 0 Å². The molecule has 0 unspecified atom stereocenters. The van der Waals surface area contributed by atoms with Crippen molar-refractivity contribution in [1.29, 1.82) is 0 Å². The number of allylic oxidation sites excluding steroid dienone is 2. The molecule has 0 aromatic heterocycles. The molecule has 0 heterocycles. The minimum atomic E-state index is -0.208. The third-order valence-electron chi connectivity index (χ3n) is 1.44. The van der Waals surface area contributed by atoms with Crippen LogP contribution in [0.25, 0.3) is 0 Å². The van der Waals surface area contributed by atoms with Crippen molar-refractivity contribution < 1.29 is 0 Å². The van der Waals surface area contributed by atoms with Gasteiger partial charge in [0.05, 0.1) is 6.17 Å². The van der Waals surface area contributed by atoms with E-state index in [0.29, 0.717) is 0 Å². The highest BCUT2D eigenvalue weighted by Crippen LogP contribution is 2.23. The lowest BCUT2D eigenvalue weighted by Crippen LogP contribution is -2.35. The van der Waals surface area contributed by atoms with Gasteiger partial charge in [-0.05, 0) is 25.7 Å². The van der Waals surface area contributed by atoms with Crippen molar-refractivity contribution in [3.8, 4) is 0 Å². The summed E-state index contributed by atoms with van der Waals surface area (Å²) in [7, 11) is 0. The lowest BCUT2D eigenvalue weighted by molar-refractivity contribution is 0.391. The Morgan fingerprint density at radius 3 is 2.09 bits per heavy atom. The van der Waals surface area contributed by atoms with Gasteiger partial charge in [-0.15, -0.1) is 0 Å². The lowest BCUT2D eigenvalue weighted by Gasteiger charge is -2.22. The first-order chi connectivity index (χ1) is 4.83. The van der Waals surface area contributed by atoms with E-state index >= 15 is 0 Å². The van der Waals surface area contributed by atoms with Crippen LogP contribution >= 0.6 is 0 Å². The molecule has 66 valence electrons. The Morgan fingerprint density at radius 1 is 1.36 bits per heavy atom. The fourth-order valence-electron chi connectivity index (χ4n) is 1.45. The molecule has 0 aliphatic carbocycles. The van der Waals surface area contributed by atoms with E-state index < -0.39 is 0 Å². The molecule has 0 amide bonds. The molecular formula is C9H20N2. The molecule has 0 aliphatic heterocycles. The van der Waals surface area contributed by atoms with Gasteiger partial charge in [0.1, 0.15) is 0 Å². The fraction of sp³-hybridized carbons (Fsp3) is 0.778. The molecule has 11 heavy (non-hydrogen) atoms. The quantitative estimate of drug-likeness (QED) is 0.482. The van der Waals surface area contributed by atoms with E-state index in [1.165, 1.54) is 5.57 Å². The van der Waals surface area contributed by atoms with E-state index in [0.717, 1.165) is 6.42 Å². The zero-order valence-corrected chi connectivity index (χ0v) is 8.02. The number of hydrogen-bond donors (Lipinski definition) is 2. The molecule has 0 spiro atoms. The fourth-order valence-corrected chi connectivity index (χ4v) is 1.45. The van der Waals surface area contributed by atoms with E-state index in [1.54, 1.807) is 0 Å². The standard InChI is InChI=1S/C9H20N2/c1-7(2)5-9(3,4)6-8(10)11/h5,8H,6,10-11H2,1-4H3. The van der Waals surface area contributed by atoms with Gasteiger partial charge in [-0.2, -0.15) is 0 Å². The van der Waals surface area contributed by atoms with Crippen molar-refractivity contribution in [2.24, 2.45) is 16.9 Å². The third kappa shape index (κ3) is 6.07. The number of hydrogen-bond acceptors (Lipinski definition) is 2. The molecule has 4 N–H and O–H groups in total. The van der Waals surface area contributed by atoms with Crippen molar-refractivity contribution in [3.05, 3.63) is 11.6 Å². The zero-order valence-electron chi connectivity index (χ0n) is 8.02. The summed E-state index contributed by atoms with van der Waals surface area (Å²) in [5, 5.41) is 0. The van der Waals surface area contributed by atoms with Gasteiger partial charge in [-0.3, -0.25) is 0 Å². The first kappa shape index (κ1) is 10.7. The molecule has 0 radical (unpaired) electrons. The van der Waals surface area contributed by atoms with E-state index in [2.05, 4.69) is 33.8 Å². The second kappa shape index (κ2) is 3.88. The molecule has 2 heteroatoms. The second-order valence-electron chi connectivity index (χ2n) is 4.08. The molecule has 0 fully saturated rings. The maximum Gasteiger partial charge on any atom is 0.0529 e. The normalized spacial score (nSPS) is 11.9. The Kier molecular flexibility index (Phi) is 3.76. The van der Waals surface area contributed by atoms with Gasteiger partial charge in [-0.25, -0.2) is 0 Å². The van der Waals surface area contributed by atoms with Crippen molar-refractivity contribution in [3.63, 3.8) is 0 Å². The van der Waals surface area contributed by atoms with E-state index in [4.69, 9.17) is 11.5 Å². The van der Waals surface area contributed by atoms with Gasteiger partial charge in [-0.1, -0.05) is 25.5 Å². The summed E-state index contributed by atoms with van der Waals surface area (Å²) in [6.45, 7) is 8.47. The SMILES string of the molecule is CC(C)=CC(C)(C)CC(N)N. The molecular weight excluding hydrogens is 136 g/mol. The number of nitrogens with two attached hydrogens (primary N) is 2. The Hall–Kier alpha value is -0.340. The van der Waals surface area contributed by atoms with E-state index in [1.807, 2.05) is 0 Å². The van der Waals surface area contributed by atoms with Crippen molar-refractivity contribution in [2.45, 2.75) is 40.3 Å². The van der Waals surface area contributed by atoms with Crippen LogP contribution in [0.15, 0.2) is 11.6 Å². The number of rotatable bonds is 3. The van der Waals surface area contributed by atoms with E-state index in [9.17, 15) is 0 Å². The monoisotopic (exact) mass is 156 g/mol. The molecule has 2 nitrogen and oxygen atoms in total. The molecule has 0 atom stereocenters. The van der Waals surface area contributed by atoms with Crippen LogP contribution in [0.2, 0.25) is 0 Å². The maximum atomic E-state index is 5.50. The van der Waals surface area contributed by atoms with Crippen LogP contribution in [0, 0.1) is 5.41 Å². The van der Waals surface area contributed by atoms with Crippen LogP contribution in [-0.4, -0.2) is 6.17 Å². The van der Waals surface area contributed by atoms with Crippen LogP contribution in [0.4, 0.5) is 0 Å². The van der Waals surface area contributed by atoms with Gasteiger partial charge in [0.15, 0.2) is 0 Å². The van der Waals surface area contributed by atoms with Crippen LogP contribution in [0.5, 0.6) is 0 Å². The van der Waals surface area contributed by atoms with Gasteiger partial charge < -0.3 is 11.5 Å². The van der Waals surface area contributed by atoms with Crippen molar-refractivity contribution >= 4 is 0 Å². The Balaban J connectivity index is 4.11. The zero-order chi connectivity index (χ0) is 9.07. The highest BCUT2D eigenvalue weighted by atomic mass is 14.8. The third-order valence-corrected chi connectivity index (χ3v) is 1.44. The molecule has 0 aromatic carbocycles. The summed E-state index contributed by atoms with van der Waals surface area (Å²) in [5.41, 5.74) is 12.5. The average molecular weight is 156 g/mol. The molecule has 0 aromatic rings. The Labute approximate surface area is 69.6 Å². The Bertz CT molecular complexity index is 142. The first-order valence-corrected chi connectivity index (χ1v) is 4.01. The molecule has 0 saturated carbocycles. The van der Waals surface area contributed by atoms with Gasteiger partial charge in [0.2, 0.25) is 0 Å².